The lowest BCUT2D eigenvalue weighted by Gasteiger charge is -2.11. The molecule has 0 radical (unpaired) electrons. The van der Waals surface area contributed by atoms with E-state index >= 15 is 0 Å². The Morgan fingerprint density at radius 3 is 2.56 bits per heavy atom. The van der Waals surface area contributed by atoms with Crippen molar-refractivity contribution in [3.8, 4) is 0 Å². The molecule has 1 amide bonds. The molecule has 0 fully saturated rings. The van der Waals surface area contributed by atoms with Gasteiger partial charge in [0, 0.05) is 6.42 Å². The van der Waals surface area contributed by atoms with E-state index in [9.17, 15) is 14.0 Å². The molecular weight excluding hydrogens is 213 g/mol. The van der Waals surface area contributed by atoms with Crippen LogP contribution in [0.4, 0.5) is 4.39 Å². The molecule has 1 atom stereocenters. The van der Waals surface area contributed by atoms with Gasteiger partial charge in [-0.15, -0.1) is 0 Å². The summed E-state index contributed by atoms with van der Waals surface area (Å²) in [6.07, 6.45) is 0.0311. The average molecular weight is 225 g/mol. The van der Waals surface area contributed by atoms with E-state index in [4.69, 9.17) is 10.8 Å². The van der Waals surface area contributed by atoms with Crippen LogP contribution < -0.4 is 5.73 Å². The van der Waals surface area contributed by atoms with Gasteiger partial charge in [-0.1, -0.05) is 13.0 Å². The van der Waals surface area contributed by atoms with E-state index in [1.807, 2.05) is 0 Å². The molecule has 0 aliphatic carbocycles. The van der Waals surface area contributed by atoms with Crippen LogP contribution in [0.5, 0.6) is 0 Å². The molecule has 4 nitrogen and oxygen atoms in total. The van der Waals surface area contributed by atoms with Crippen LogP contribution in [0.1, 0.15) is 35.2 Å². The number of hydrogen-bond donors (Lipinski definition) is 2. The zero-order valence-electron chi connectivity index (χ0n) is 8.74. The van der Waals surface area contributed by atoms with Crippen molar-refractivity contribution in [3.05, 3.63) is 35.1 Å². The Kier molecular flexibility index (Phi) is 3.60. The van der Waals surface area contributed by atoms with Crippen LogP contribution in [0.15, 0.2) is 18.2 Å². The highest BCUT2D eigenvalue weighted by molar-refractivity contribution is 5.87. The summed E-state index contributed by atoms with van der Waals surface area (Å²) >= 11 is 0. The SMILES string of the molecule is CC(CC(N)=O)c1ccc(C(=O)O)cc1F. The van der Waals surface area contributed by atoms with Crippen LogP contribution in [0.25, 0.3) is 0 Å². The molecule has 1 rings (SSSR count). The number of carbonyl (C=O) groups is 2. The zero-order chi connectivity index (χ0) is 12.3. The lowest BCUT2D eigenvalue weighted by Crippen LogP contribution is -2.14. The topological polar surface area (TPSA) is 80.4 Å². The Hall–Kier alpha value is -1.91. The van der Waals surface area contributed by atoms with Crippen molar-refractivity contribution in [2.75, 3.05) is 0 Å². The first kappa shape index (κ1) is 12.2. The summed E-state index contributed by atoms with van der Waals surface area (Å²) in [4.78, 5) is 21.2. The molecule has 0 spiro atoms. The summed E-state index contributed by atoms with van der Waals surface area (Å²) in [6.45, 7) is 1.66. The summed E-state index contributed by atoms with van der Waals surface area (Å²) in [7, 11) is 0. The van der Waals surface area contributed by atoms with Crippen molar-refractivity contribution in [3.63, 3.8) is 0 Å². The minimum Gasteiger partial charge on any atom is -0.478 e. The standard InChI is InChI=1S/C11H12FNO3/c1-6(4-10(13)14)8-3-2-7(11(15)16)5-9(8)12/h2-3,5-6H,4H2,1H3,(H2,13,14)(H,15,16). The predicted octanol–water partition coefficient (Wildman–Crippen LogP) is 1.50. The van der Waals surface area contributed by atoms with E-state index < -0.39 is 17.7 Å². The lowest BCUT2D eigenvalue weighted by molar-refractivity contribution is -0.118. The Balaban J connectivity index is 2.98. The second-order valence-corrected chi connectivity index (χ2v) is 3.61. The van der Waals surface area contributed by atoms with Gasteiger partial charge < -0.3 is 10.8 Å². The Morgan fingerprint density at radius 1 is 1.50 bits per heavy atom. The van der Waals surface area contributed by atoms with Gasteiger partial charge in [0.15, 0.2) is 0 Å². The molecule has 0 aliphatic heterocycles. The number of carbonyl (C=O) groups excluding carboxylic acids is 1. The van der Waals surface area contributed by atoms with Gasteiger partial charge >= 0.3 is 5.97 Å². The highest BCUT2D eigenvalue weighted by Crippen LogP contribution is 2.22. The Labute approximate surface area is 91.9 Å². The number of rotatable bonds is 4. The van der Waals surface area contributed by atoms with Crippen LogP contribution in [0.2, 0.25) is 0 Å². The second kappa shape index (κ2) is 4.74. The van der Waals surface area contributed by atoms with Crippen molar-refractivity contribution in [1.82, 2.24) is 0 Å². The van der Waals surface area contributed by atoms with Crippen LogP contribution in [-0.4, -0.2) is 17.0 Å². The van der Waals surface area contributed by atoms with Crippen molar-refractivity contribution < 1.29 is 19.1 Å². The van der Waals surface area contributed by atoms with Gasteiger partial charge in [-0.3, -0.25) is 4.79 Å². The van der Waals surface area contributed by atoms with Crippen LogP contribution >= 0.6 is 0 Å². The summed E-state index contributed by atoms with van der Waals surface area (Å²) < 4.78 is 13.5. The fourth-order valence-electron chi connectivity index (χ4n) is 1.47. The maximum Gasteiger partial charge on any atom is 0.335 e. The summed E-state index contributed by atoms with van der Waals surface area (Å²) in [5, 5.41) is 8.64. The zero-order valence-corrected chi connectivity index (χ0v) is 8.74. The molecular formula is C11H12FNO3. The smallest absolute Gasteiger partial charge is 0.335 e. The third kappa shape index (κ3) is 2.79. The molecule has 0 saturated heterocycles. The molecule has 0 aliphatic rings. The molecule has 3 N–H and O–H groups in total. The van der Waals surface area contributed by atoms with E-state index in [-0.39, 0.29) is 17.9 Å². The van der Waals surface area contributed by atoms with E-state index in [1.54, 1.807) is 6.92 Å². The minimum absolute atomic E-state index is 0.0311. The first-order valence-corrected chi connectivity index (χ1v) is 4.73. The van der Waals surface area contributed by atoms with Crippen molar-refractivity contribution in [2.45, 2.75) is 19.3 Å². The first-order chi connectivity index (χ1) is 7.41. The summed E-state index contributed by atoms with van der Waals surface area (Å²) in [5.74, 6) is -2.70. The molecule has 0 saturated carbocycles. The van der Waals surface area contributed by atoms with Crippen LogP contribution in [0, 0.1) is 5.82 Å². The molecule has 0 heterocycles. The highest BCUT2D eigenvalue weighted by atomic mass is 19.1. The molecule has 1 unspecified atom stereocenters. The lowest BCUT2D eigenvalue weighted by atomic mass is 9.96. The van der Waals surface area contributed by atoms with Gasteiger partial charge in [0.1, 0.15) is 5.82 Å². The molecule has 0 aromatic heterocycles. The van der Waals surface area contributed by atoms with Gasteiger partial charge in [-0.2, -0.15) is 0 Å². The number of carboxylic acids is 1. The molecule has 16 heavy (non-hydrogen) atoms. The third-order valence-electron chi connectivity index (χ3n) is 2.29. The Morgan fingerprint density at radius 2 is 2.12 bits per heavy atom. The largest absolute Gasteiger partial charge is 0.478 e. The maximum atomic E-state index is 13.5. The maximum absolute atomic E-state index is 13.5. The summed E-state index contributed by atoms with van der Waals surface area (Å²) in [6, 6.07) is 3.61. The van der Waals surface area contributed by atoms with Gasteiger partial charge in [-0.25, -0.2) is 9.18 Å². The number of nitrogens with two attached hydrogens (primary N) is 1. The van der Waals surface area contributed by atoms with Crippen LogP contribution in [0.3, 0.4) is 0 Å². The van der Waals surface area contributed by atoms with E-state index in [1.165, 1.54) is 12.1 Å². The fraction of sp³-hybridized carbons (Fsp3) is 0.273. The van der Waals surface area contributed by atoms with E-state index in [2.05, 4.69) is 0 Å². The van der Waals surface area contributed by atoms with Crippen molar-refractivity contribution in [2.24, 2.45) is 5.73 Å². The number of halogens is 1. The minimum atomic E-state index is -1.19. The normalized spacial score (nSPS) is 12.1. The number of aromatic carboxylic acids is 1. The van der Waals surface area contributed by atoms with Gasteiger partial charge in [0.05, 0.1) is 5.56 Å². The third-order valence-corrected chi connectivity index (χ3v) is 2.29. The fourth-order valence-corrected chi connectivity index (χ4v) is 1.47. The number of carboxylic acid groups (broad SMARTS) is 1. The number of primary amides is 1. The Bertz CT molecular complexity index is 431. The van der Waals surface area contributed by atoms with Gasteiger partial charge in [0.2, 0.25) is 5.91 Å². The van der Waals surface area contributed by atoms with Crippen molar-refractivity contribution in [1.29, 1.82) is 0 Å². The predicted molar refractivity (Wildman–Crippen MR) is 55.6 cm³/mol. The van der Waals surface area contributed by atoms with Crippen LogP contribution in [-0.2, 0) is 4.79 Å². The average Bonchev–Trinajstić information content (AvgIpc) is 2.15. The first-order valence-electron chi connectivity index (χ1n) is 4.73. The highest BCUT2D eigenvalue weighted by Gasteiger charge is 2.15. The van der Waals surface area contributed by atoms with Gasteiger partial charge in [0.25, 0.3) is 0 Å². The number of amides is 1. The number of hydrogen-bond acceptors (Lipinski definition) is 2. The molecule has 1 aromatic carbocycles. The monoisotopic (exact) mass is 225 g/mol. The molecule has 86 valence electrons. The number of benzene rings is 1. The summed E-state index contributed by atoms with van der Waals surface area (Å²) in [5.41, 5.74) is 5.18. The quantitative estimate of drug-likeness (QED) is 0.814. The molecule has 1 aromatic rings. The van der Waals surface area contributed by atoms with Gasteiger partial charge in [-0.05, 0) is 23.6 Å². The van der Waals surface area contributed by atoms with E-state index in [0.29, 0.717) is 5.56 Å². The molecule has 0 bridgehead atoms. The second-order valence-electron chi connectivity index (χ2n) is 3.61. The van der Waals surface area contributed by atoms with E-state index in [0.717, 1.165) is 6.07 Å². The molecule has 5 heteroatoms. The van der Waals surface area contributed by atoms with Crippen molar-refractivity contribution >= 4 is 11.9 Å².